The van der Waals surface area contributed by atoms with E-state index in [0.29, 0.717) is 23.9 Å². The maximum atomic E-state index is 11.6. The number of aliphatic hydroxyl groups excluding tert-OH is 1. The van der Waals surface area contributed by atoms with Crippen molar-refractivity contribution >= 4 is 23.2 Å². The van der Waals surface area contributed by atoms with Crippen LogP contribution in [0.15, 0.2) is 17.5 Å². The molecule has 3 N–H and O–H groups in total. The Hall–Kier alpha value is -1.40. The Morgan fingerprint density at radius 2 is 2.16 bits per heavy atom. The number of carbonyl (C=O) groups is 2. The highest BCUT2D eigenvalue weighted by Gasteiger charge is 2.26. The molecule has 0 bridgehead atoms. The molecule has 0 unspecified atom stereocenters. The van der Waals surface area contributed by atoms with E-state index in [0.717, 1.165) is 12.8 Å². The summed E-state index contributed by atoms with van der Waals surface area (Å²) in [6.07, 6.45) is 1.64. The molecule has 6 heteroatoms. The van der Waals surface area contributed by atoms with Crippen molar-refractivity contribution in [3.63, 3.8) is 0 Å². The van der Waals surface area contributed by atoms with E-state index < -0.39 is 0 Å². The molecule has 1 saturated carbocycles. The Morgan fingerprint density at radius 1 is 1.37 bits per heavy atom. The van der Waals surface area contributed by atoms with Crippen LogP contribution in [0.5, 0.6) is 0 Å². The van der Waals surface area contributed by atoms with Crippen LogP contribution in [0.3, 0.4) is 0 Å². The van der Waals surface area contributed by atoms with E-state index in [2.05, 4.69) is 10.6 Å². The van der Waals surface area contributed by atoms with E-state index in [-0.39, 0.29) is 24.3 Å². The van der Waals surface area contributed by atoms with Gasteiger partial charge in [-0.1, -0.05) is 6.07 Å². The van der Waals surface area contributed by atoms with E-state index >= 15 is 0 Å². The molecular formula is C13H18N2O3S. The van der Waals surface area contributed by atoms with Crippen molar-refractivity contribution in [2.75, 3.05) is 13.1 Å². The summed E-state index contributed by atoms with van der Waals surface area (Å²) in [5.41, 5.74) is 0. The molecule has 0 aromatic carbocycles. The molecule has 1 aromatic heterocycles. The zero-order valence-electron chi connectivity index (χ0n) is 10.6. The van der Waals surface area contributed by atoms with Crippen molar-refractivity contribution < 1.29 is 14.7 Å². The van der Waals surface area contributed by atoms with Gasteiger partial charge in [-0.2, -0.15) is 0 Å². The lowest BCUT2D eigenvalue weighted by atomic mass is 9.82. The molecule has 0 radical (unpaired) electrons. The molecule has 0 saturated heterocycles. The van der Waals surface area contributed by atoms with Crippen LogP contribution < -0.4 is 10.6 Å². The quantitative estimate of drug-likeness (QED) is 0.720. The van der Waals surface area contributed by atoms with Gasteiger partial charge in [0.2, 0.25) is 5.91 Å². The highest BCUT2D eigenvalue weighted by Crippen LogP contribution is 2.25. The van der Waals surface area contributed by atoms with E-state index in [9.17, 15) is 9.59 Å². The summed E-state index contributed by atoms with van der Waals surface area (Å²) < 4.78 is 0. The third kappa shape index (κ3) is 4.33. The monoisotopic (exact) mass is 282 g/mol. The standard InChI is InChI=1S/C13H18N2O3S/c16-10-6-9(7-10)8-15-12(17)3-4-14-13(18)11-2-1-5-19-11/h1-2,5,9-10,16H,3-4,6-8H2,(H,14,18)(H,15,17). The van der Waals surface area contributed by atoms with Crippen LogP contribution in [-0.4, -0.2) is 36.1 Å². The van der Waals surface area contributed by atoms with Crippen molar-refractivity contribution in [3.8, 4) is 0 Å². The third-order valence-electron chi connectivity index (χ3n) is 3.18. The Kier molecular flexibility index (Phi) is 4.93. The minimum atomic E-state index is -0.188. The van der Waals surface area contributed by atoms with Crippen molar-refractivity contribution in [2.24, 2.45) is 5.92 Å². The summed E-state index contributed by atoms with van der Waals surface area (Å²) in [6, 6.07) is 3.57. The molecule has 1 aliphatic carbocycles. The van der Waals surface area contributed by atoms with Gasteiger partial charge in [0.1, 0.15) is 0 Å². The predicted octanol–water partition coefficient (Wildman–Crippen LogP) is 0.755. The van der Waals surface area contributed by atoms with Crippen LogP contribution in [0.2, 0.25) is 0 Å². The van der Waals surface area contributed by atoms with Crippen LogP contribution >= 0.6 is 11.3 Å². The van der Waals surface area contributed by atoms with Crippen molar-refractivity contribution in [3.05, 3.63) is 22.4 Å². The Labute approximate surface area is 116 Å². The summed E-state index contributed by atoms with van der Waals surface area (Å²) in [4.78, 5) is 23.8. The van der Waals surface area contributed by atoms with Crippen LogP contribution in [0.1, 0.15) is 28.9 Å². The van der Waals surface area contributed by atoms with Gasteiger partial charge in [-0.05, 0) is 30.2 Å². The molecule has 2 amide bonds. The van der Waals surface area contributed by atoms with E-state index in [1.165, 1.54) is 11.3 Å². The first-order valence-corrected chi connectivity index (χ1v) is 7.29. The second-order valence-corrected chi connectivity index (χ2v) is 5.73. The lowest BCUT2D eigenvalue weighted by molar-refractivity contribution is -0.121. The number of amides is 2. The van der Waals surface area contributed by atoms with Gasteiger partial charge in [-0.3, -0.25) is 9.59 Å². The fraction of sp³-hybridized carbons (Fsp3) is 0.538. The lowest BCUT2D eigenvalue weighted by Crippen LogP contribution is -2.39. The van der Waals surface area contributed by atoms with Crippen molar-refractivity contribution in [1.82, 2.24) is 10.6 Å². The first-order valence-electron chi connectivity index (χ1n) is 6.41. The van der Waals surface area contributed by atoms with E-state index in [1.807, 2.05) is 11.4 Å². The molecule has 5 nitrogen and oxygen atoms in total. The molecule has 1 aliphatic rings. The zero-order chi connectivity index (χ0) is 13.7. The zero-order valence-corrected chi connectivity index (χ0v) is 11.4. The SMILES string of the molecule is O=C(CCNC(=O)c1cccs1)NCC1CC(O)C1. The third-order valence-corrected chi connectivity index (χ3v) is 4.05. The molecule has 1 fully saturated rings. The molecule has 2 rings (SSSR count). The topological polar surface area (TPSA) is 78.4 Å². The molecular weight excluding hydrogens is 264 g/mol. The number of carbonyl (C=O) groups excluding carboxylic acids is 2. The van der Waals surface area contributed by atoms with Crippen molar-refractivity contribution in [1.29, 1.82) is 0 Å². The molecule has 0 atom stereocenters. The fourth-order valence-corrected chi connectivity index (χ4v) is 2.64. The normalized spacial score (nSPS) is 21.5. The maximum Gasteiger partial charge on any atom is 0.261 e. The van der Waals surface area contributed by atoms with Crippen LogP contribution in [0.25, 0.3) is 0 Å². The van der Waals surface area contributed by atoms with Gasteiger partial charge in [0.15, 0.2) is 0 Å². The highest BCUT2D eigenvalue weighted by molar-refractivity contribution is 7.12. The summed E-state index contributed by atoms with van der Waals surface area (Å²) in [5, 5.41) is 16.5. The highest BCUT2D eigenvalue weighted by atomic mass is 32.1. The van der Waals surface area contributed by atoms with Crippen molar-refractivity contribution in [2.45, 2.75) is 25.4 Å². The fourth-order valence-electron chi connectivity index (χ4n) is 2.00. The van der Waals surface area contributed by atoms with Gasteiger partial charge in [0.05, 0.1) is 11.0 Å². The smallest absolute Gasteiger partial charge is 0.261 e. The van der Waals surface area contributed by atoms with Gasteiger partial charge >= 0.3 is 0 Å². The minimum absolute atomic E-state index is 0.0622. The molecule has 1 aromatic rings. The number of hydrogen-bond acceptors (Lipinski definition) is 4. The summed E-state index contributed by atoms with van der Waals surface area (Å²) >= 11 is 1.38. The molecule has 0 spiro atoms. The Balaban J connectivity index is 1.55. The van der Waals surface area contributed by atoms with Gasteiger partial charge in [-0.15, -0.1) is 11.3 Å². The first-order chi connectivity index (χ1) is 9.15. The molecule has 1 heterocycles. The average molecular weight is 282 g/mol. The van der Waals surface area contributed by atoms with Gasteiger partial charge in [0, 0.05) is 19.5 Å². The maximum absolute atomic E-state index is 11.6. The number of rotatable bonds is 6. The summed E-state index contributed by atoms with van der Waals surface area (Å²) in [7, 11) is 0. The summed E-state index contributed by atoms with van der Waals surface area (Å²) in [5.74, 6) is 0.206. The molecule has 19 heavy (non-hydrogen) atoms. The molecule has 0 aliphatic heterocycles. The second-order valence-electron chi connectivity index (χ2n) is 4.78. The number of thiophene rings is 1. The second kappa shape index (κ2) is 6.68. The average Bonchev–Trinajstić information content (AvgIpc) is 2.87. The largest absolute Gasteiger partial charge is 0.393 e. The number of aliphatic hydroxyl groups is 1. The first kappa shape index (κ1) is 14.0. The van der Waals surface area contributed by atoms with Gasteiger partial charge in [0.25, 0.3) is 5.91 Å². The van der Waals surface area contributed by atoms with E-state index in [4.69, 9.17) is 5.11 Å². The molecule has 104 valence electrons. The van der Waals surface area contributed by atoms with Crippen LogP contribution in [0, 0.1) is 5.92 Å². The number of hydrogen-bond donors (Lipinski definition) is 3. The Morgan fingerprint density at radius 3 is 2.79 bits per heavy atom. The van der Waals surface area contributed by atoms with Crippen LogP contribution in [0.4, 0.5) is 0 Å². The minimum Gasteiger partial charge on any atom is -0.393 e. The Bertz CT molecular complexity index is 427. The van der Waals surface area contributed by atoms with E-state index in [1.54, 1.807) is 6.07 Å². The predicted molar refractivity (Wildman–Crippen MR) is 73.0 cm³/mol. The number of nitrogens with one attached hydrogen (secondary N) is 2. The summed E-state index contributed by atoms with van der Waals surface area (Å²) in [6.45, 7) is 0.963. The van der Waals surface area contributed by atoms with Gasteiger partial charge in [-0.25, -0.2) is 0 Å². The van der Waals surface area contributed by atoms with Crippen LogP contribution in [-0.2, 0) is 4.79 Å². The lowest BCUT2D eigenvalue weighted by Gasteiger charge is -2.31. The van der Waals surface area contributed by atoms with Gasteiger partial charge < -0.3 is 15.7 Å².